The van der Waals surface area contributed by atoms with Gasteiger partial charge in [-0.2, -0.15) is 0 Å². The van der Waals surface area contributed by atoms with Crippen LogP contribution in [0.15, 0.2) is 50.0 Å². The van der Waals surface area contributed by atoms with Crippen LogP contribution in [0.2, 0.25) is 5.02 Å². The van der Waals surface area contributed by atoms with Crippen molar-refractivity contribution in [2.45, 2.75) is 40.2 Å². The Morgan fingerprint density at radius 2 is 1.63 bits per heavy atom. The lowest BCUT2D eigenvalue weighted by Crippen LogP contribution is -2.24. The van der Waals surface area contributed by atoms with E-state index in [1.54, 1.807) is 18.2 Å². The molecule has 0 saturated carbocycles. The van der Waals surface area contributed by atoms with Crippen LogP contribution in [0.1, 0.15) is 34.4 Å². The molecule has 4 aromatic rings. The lowest BCUT2D eigenvalue weighted by molar-refractivity contribution is -0.121. The summed E-state index contributed by atoms with van der Waals surface area (Å²) in [5.41, 5.74) is 4.19. The number of rotatable bonds is 5. The highest BCUT2D eigenvalue weighted by Crippen LogP contribution is 2.31. The molecule has 0 aliphatic heterocycles. The van der Waals surface area contributed by atoms with Crippen LogP contribution in [0.3, 0.4) is 0 Å². The third kappa shape index (κ3) is 3.85. The summed E-state index contributed by atoms with van der Waals surface area (Å²) in [6.45, 7) is 6.23. The van der Waals surface area contributed by atoms with Gasteiger partial charge in [-0.1, -0.05) is 23.7 Å². The largest absolute Gasteiger partial charge is 0.461 e. The number of hydrogen-bond acceptors (Lipinski definition) is 4. The van der Waals surface area contributed by atoms with E-state index in [0.29, 0.717) is 34.7 Å². The lowest BCUT2D eigenvalue weighted by atomic mass is 10.0. The number of furan rings is 1. The van der Waals surface area contributed by atoms with Gasteiger partial charge in [0.05, 0.1) is 0 Å². The summed E-state index contributed by atoms with van der Waals surface area (Å²) in [6.07, 6.45) is 0.523. The van der Waals surface area contributed by atoms with Crippen LogP contribution in [0.5, 0.6) is 0 Å². The zero-order valence-electron chi connectivity index (χ0n) is 17.1. The van der Waals surface area contributed by atoms with Crippen LogP contribution >= 0.6 is 11.6 Å². The van der Waals surface area contributed by atoms with E-state index in [1.165, 1.54) is 0 Å². The van der Waals surface area contributed by atoms with Crippen molar-refractivity contribution in [3.8, 4) is 0 Å². The first kappa shape index (κ1) is 20.2. The molecule has 4 rings (SSSR count). The molecule has 0 fully saturated rings. The number of hydrogen-bond donors (Lipinski definition) is 1. The van der Waals surface area contributed by atoms with Crippen molar-refractivity contribution in [1.82, 2.24) is 5.32 Å². The number of carbonyl (C=O) groups excluding carboxylic acids is 1. The number of nitrogens with one attached hydrogen (secondary N) is 1. The van der Waals surface area contributed by atoms with Gasteiger partial charge in [-0.05, 0) is 62.1 Å². The fourth-order valence-electron chi connectivity index (χ4n) is 3.64. The first-order valence-electron chi connectivity index (χ1n) is 9.80. The van der Waals surface area contributed by atoms with Crippen LogP contribution in [0.4, 0.5) is 0 Å². The Bertz CT molecular complexity index is 1320. The molecule has 0 atom stereocenters. The molecule has 1 amide bonds. The molecule has 0 saturated heterocycles. The van der Waals surface area contributed by atoms with E-state index in [-0.39, 0.29) is 12.3 Å². The zero-order chi connectivity index (χ0) is 21.4. The molecule has 0 radical (unpaired) electrons. The van der Waals surface area contributed by atoms with Crippen molar-refractivity contribution in [3.05, 3.63) is 79.9 Å². The smallest absolute Gasteiger partial charge is 0.339 e. The van der Waals surface area contributed by atoms with Crippen molar-refractivity contribution in [3.63, 3.8) is 0 Å². The fourth-order valence-corrected chi connectivity index (χ4v) is 3.77. The van der Waals surface area contributed by atoms with E-state index in [1.807, 2.05) is 39.0 Å². The molecule has 0 aliphatic carbocycles. The van der Waals surface area contributed by atoms with E-state index in [4.69, 9.17) is 20.4 Å². The molecule has 154 valence electrons. The van der Waals surface area contributed by atoms with Gasteiger partial charge in [-0.3, -0.25) is 4.79 Å². The van der Waals surface area contributed by atoms with E-state index in [9.17, 15) is 9.59 Å². The number of aryl methyl sites for hydroxylation is 3. The molecular formula is C24H22ClNO4. The molecule has 0 spiro atoms. The molecule has 2 heterocycles. The summed E-state index contributed by atoms with van der Waals surface area (Å²) in [6, 6.07) is 11.1. The third-order valence-corrected chi connectivity index (χ3v) is 5.84. The molecule has 2 aromatic carbocycles. The first-order chi connectivity index (χ1) is 14.3. The van der Waals surface area contributed by atoms with Gasteiger partial charge >= 0.3 is 5.63 Å². The van der Waals surface area contributed by atoms with Gasteiger partial charge in [-0.25, -0.2) is 4.79 Å². The minimum absolute atomic E-state index is 0.124. The Morgan fingerprint density at radius 1 is 0.967 bits per heavy atom. The number of halogens is 1. The maximum absolute atomic E-state index is 12.5. The van der Waals surface area contributed by atoms with E-state index >= 15 is 0 Å². The summed E-state index contributed by atoms with van der Waals surface area (Å²) in [5.74, 6) is 0.721. The number of carbonyl (C=O) groups is 1. The molecule has 5 nitrogen and oxygen atoms in total. The average Bonchev–Trinajstić information content (AvgIpc) is 2.99. The highest BCUT2D eigenvalue weighted by Gasteiger charge is 2.16. The first-order valence-corrected chi connectivity index (χ1v) is 10.2. The SMILES string of the molecule is Cc1oc2cc3oc(=O)c(CCC(=O)NCc4ccc(Cl)cc4)c(C)c3cc2c1C. The Hall–Kier alpha value is -3.05. The molecule has 1 N–H and O–H groups in total. The highest BCUT2D eigenvalue weighted by atomic mass is 35.5. The van der Waals surface area contributed by atoms with Gasteiger partial charge < -0.3 is 14.2 Å². The van der Waals surface area contributed by atoms with Crippen molar-refractivity contribution in [2.75, 3.05) is 0 Å². The number of amides is 1. The molecule has 0 unspecified atom stereocenters. The molecule has 30 heavy (non-hydrogen) atoms. The zero-order valence-corrected chi connectivity index (χ0v) is 17.9. The Labute approximate surface area is 178 Å². The molecule has 0 aliphatic rings. The molecule has 0 bridgehead atoms. The monoisotopic (exact) mass is 423 g/mol. The summed E-state index contributed by atoms with van der Waals surface area (Å²) < 4.78 is 11.3. The van der Waals surface area contributed by atoms with E-state index in [2.05, 4.69) is 5.32 Å². The maximum Gasteiger partial charge on any atom is 0.339 e. The van der Waals surface area contributed by atoms with Crippen molar-refractivity contribution in [2.24, 2.45) is 0 Å². The minimum Gasteiger partial charge on any atom is -0.461 e. The van der Waals surface area contributed by atoms with Crippen LogP contribution in [0.25, 0.3) is 21.9 Å². The molecule has 6 heteroatoms. The molecule has 2 aromatic heterocycles. The Kier molecular flexibility index (Phi) is 5.39. The van der Waals surface area contributed by atoms with Gasteiger partial charge in [0, 0.05) is 40.4 Å². The highest BCUT2D eigenvalue weighted by molar-refractivity contribution is 6.30. The van der Waals surface area contributed by atoms with E-state index < -0.39 is 5.63 Å². The van der Waals surface area contributed by atoms with Gasteiger partial charge in [0.15, 0.2) is 0 Å². The van der Waals surface area contributed by atoms with Crippen molar-refractivity contribution < 1.29 is 13.6 Å². The van der Waals surface area contributed by atoms with Gasteiger partial charge in [0.1, 0.15) is 16.9 Å². The second kappa shape index (κ2) is 8.00. The van der Waals surface area contributed by atoms with Crippen LogP contribution in [0, 0.1) is 20.8 Å². The van der Waals surface area contributed by atoms with Crippen LogP contribution in [-0.4, -0.2) is 5.91 Å². The third-order valence-electron chi connectivity index (χ3n) is 5.59. The predicted octanol–water partition coefficient (Wildman–Crippen LogP) is 5.37. The van der Waals surface area contributed by atoms with Crippen molar-refractivity contribution >= 4 is 39.4 Å². The van der Waals surface area contributed by atoms with E-state index in [0.717, 1.165) is 33.2 Å². The Balaban J connectivity index is 1.54. The quantitative estimate of drug-likeness (QED) is 0.438. The standard InChI is InChI=1S/C24H22ClNO4/c1-13-15(3)29-21-11-22-20(10-19(13)21)14(2)18(24(28)30-22)8-9-23(27)26-12-16-4-6-17(25)7-5-16/h4-7,10-11H,8-9,12H2,1-3H3,(H,26,27). The topological polar surface area (TPSA) is 72.5 Å². The summed E-state index contributed by atoms with van der Waals surface area (Å²) in [5, 5.41) is 5.39. The van der Waals surface area contributed by atoms with Crippen molar-refractivity contribution in [1.29, 1.82) is 0 Å². The number of benzene rings is 2. The van der Waals surface area contributed by atoms with Gasteiger partial charge in [-0.15, -0.1) is 0 Å². The molecular weight excluding hydrogens is 402 g/mol. The number of fused-ring (bicyclic) bond motifs is 2. The second-order valence-electron chi connectivity index (χ2n) is 7.52. The predicted molar refractivity (Wildman–Crippen MR) is 118 cm³/mol. The summed E-state index contributed by atoms with van der Waals surface area (Å²) in [4.78, 5) is 24.8. The van der Waals surface area contributed by atoms with Crippen LogP contribution in [-0.2, 0) is 17.8 Å². The van der Waals surface area contributed by atoms with Crippen LogP contribution < -0.4 is 10.9 Å². The van der Waals surface area contributed by atoms with Gasteiger partial charge in [0.2, 0.25) is 5.91 Å². The fraction of sp³-hybridized carbons (Fsp3) is 0.250. The van der Waals surface area contributed by atoms with Gasteiger partial charge in [0.25, 0.3) is 0 Å². The average molecular weight is 424 g/mol. The normalized spacial score (nSPS) is 11.3. The second-order valence-corrected chi connectivity index (χ2v) is 7.96. The maximum atomic E-state index is 12.5. The minimum atomic E-state index is -0.412. The Morgan fingerprint density at radius 3 is 2.37 bits per heavy atom. The summed E-state index contributed by atoms with van der Waals surface area (Å²) >= 11 is 5.87. The lowest BCUT2D eigenvalue weighted by Gasteiger charge is -2.09. The summed E-state index contributed by atoms with van der Waals surface area (Å²) in [7, 11) is 0.